The largest absolute Gasteiger partial charge is 0.340 e. The molecule has 17 heavy (non-hydrogen) atoms. The zero-order chi connectivity index (χ0) is 11.4. The normalized spacial score (nSPS) is 25.7. The average molecular weight is 262 g/mol. The van der Waals surface area contributed by atoms with Gasteiger partial charge in [-0.25, -0.2) is 0 Å². The summed E-state index contributed by atoms with van der Waals surface area (Å²) < 4.78 is 0. The number of hydrogen-bond donors (Lipinski definition) is 1. The first-order valence-electron chi connectivity index (χ1n) is 6.45. The van der Waals surface area contributed by atoms with Crippen LogP contribution in [0.1, 0.15) is 25.7 Å². The van der Waals surface area contributed by atoms with E-state index in [2.05, 4.69) is 17.3 Å². The molecule has 0 aromatic carbocycles. The molecular formula is C12H24ClN3O. The smallest absolute Gasteiger partial charge is 0.222 e. The van der Waals surface area contributed by atoms with Gasteiger partial charge in [0.2, 0.25) is 5.91 Å². The van der Waals surface area contributed by atoms with Crippen LogP contribution < -0.4 is 5.32 Å². The molecule has 2 rings (SSSR count). The molecule has 0 spiro atoms. The van der Waals surface area contributed by atoms with Crippen LogP contribution >= 0.6 is 12.4 Å². The van der Waals surface area contributed by atoms with E-state index in [-0.39, 0.29) is 12.4 Å². The summed E-state index contributed by atoms with van der Waals surface area (Å²) >= 11 is 0. The topological polar surface area (TPSA) is 35.6 Å². The van der Waals surface area contributed by atoms with Crippen molar-refractivity contribution in [3.05, 3.63) is 0 Å². The van der Waals surface area contributed by atoms with E-state index in [0.717, 1.165) is 45.6 Å². The fourth-order valence-corrected chi connectivity index (χ4v) is 2.51. The second kappa shape index (κ2) is 7.19. The van der Waals surface area contributed by atoms with E-state index >= 15 is 0 Å². The number of rotatable bonds is 3. The van der Waals surface area contributed by atoms with Crippen LogP contribution in [-0.2, 0) is 4.79 Å². The summed E-state index contributed by atoms with van der Waals surface area (Å²) in [4.78, 5) is 16.2. The number of carbonyl (C=O) groups excluding carboxylic acids is 1. The second-order valence-corrected chi connectivity index (χ2v) is 5.02. The Morgan fingerprint density at radius 2 is 2.00 bits per heavy atom. The van der Waals surface area contributed by atoms with Crippen molar-refractivity contribution in [2.45, 2.75) is 31.7 Å². The first-order chi connectivity index (χ1) is 7.75. The van der Waals surface area contributed by atoms with Crippen LogP contribution in [-0.4, -0.2) is 61.5 Å². The lowest BCUT2D eigenvalue weighted by molar-refractivity contribution is -0.132. The highest BCUT2D eigenvalue weighted by Crippen LogP contribution is 2.12. The molecule has 1 atom stereocenters. The number of nitrogens with one attached hydrogen (secondary N) is 1. The van der Waals surface area contributed by atoms with Crippen LogP contribution in [0.5, 0.6) is 0 Å². The summed E-state index contributed by atoms with van der Waals surface area (Å²) in [5, 5.41) is 3.44. The summed E-state index contributed by atoms with van der Waals surface area (Å²) in [6.45, 7) is 5.00. The van der Waals surface area contributed by atoms with Gasteiger partial charge in [0.05, 0.1) is 0 Å². The molecule has 0 aromatic heterocycles. The van der Waals surface area contributed by atoms with Crippen molar-refractivity contribution >= 4 is 18.3 Å². The predicted molar refractivity (Wildman–Crippen MR) is 71.6 cm³/mol. The maximum Gasteiger partial charge on any atom is 0.222 e. The molecule has 2 aliphatic heterocycles. The van der Waals surface area contributed by atoms with Crippen LogP contribution in [0.4, 0.5) is 0 Å². The quantitative estimate of drug-likeness (QED) is 0.813. The summed E-state index contributed by atoms with van der Waals surface area (Å²) in [5.74, 6) is 0.349. The van der Waals surface area contributed by atoms with Gasteiger partial charge in [-0.2, -0.15) is 0 Å². The molecule has 0 radical (unpaired) electrons. The van der Waals surface area contributed by atoms with Crippen LogP contribution in [0.15, 0.2) is 0 Å². The zero-order valence-corrected chi connectivity index (χ0v) is 11.5. The summed E-state index contributed by atoms with van der Waals surface area (Å²) in [7, 11) is 2.12. The van der Waals surface area contributed by atoms with Crippen LogP contribution in [0.2, 0.25) is 0 Å². The molecule has 1 amide bonds. The summed E-state index contributed by atoms with van der Waals surface area (Å²) in [6.07, 6.45) is 4.26. The van der Waals surface area contributed by atoms with Gasteiger partial charge in [0, 0.05) is 38.6 Å². The predicted octanol–water partition coefficient (Wildman–Crippen LogP) is 0.714. The lowest BCUT2D eigenvalue weighted by Crippen LogP contribution is -2.47. The average Bonchev–Trinajstić information content (AvgIpc) is 2.80. The van der Waals surface area contributed by atoms with Crippen molar-refractivity contribution in [2.75, 3.05) is 39.8 Å². The van der Waals surface area contributed by atoms with Crippen molar-refractivity contribution in [1.82, 2.24) is 15.1 Å². The molecule has 0 bridgehead atoms. The van der Waals surface area contributed by atoms with Gasteiger partial charge < -0.3 is 15.1 Å². The van der Waals surface area contributed by atoms with E-state index in [1.807, 2.05) is 4.90 Å². The Kier molecular flexibility index (Phi) is 6.23. The number of carbonyl (C=O) groups is 1. The number of likely N-dealkylation sites (N-methyl/N-ethyl adjacent to an activating group) is 1. The number of nitrogens with zero attached hydrogens (tertiary/aromatic N) is 2. The minimum Gasteiger partial charge on any atom is -0.340 e. The molecule has 2 heterocycles. The highest BCUT2D eigenvalue weighted by molar-refractivity contribution is 5.85. The lowest BCUT2D eigenvalue weighted by Gasteiger charge is -2.32. The van der Waals surface area contributed by atoms with Gasteiger partial charge in [-0.3, -0.25) is 4.79 Å². The van der Waals surface area contributed by atoms with Gasteiger partial charge in [-0.15, -0.1) is 12.4 Å². The molecule has 2 aliphatic rings. The van der Waals surface area contributed by atoms with Gasteiger partial charge in [0.25, 0.3) is 0 Å². The van der Waals surface area contributed by atoms with Gasteiger partial charge in [0.1, 0.15) is 0 Å². The Bertz CT molecular complexity index is 236. The highest BCUT2D eigenvalue weighted by atomic mass is 35.5. The SMILES string of the molecule is CN1CCN(C(=O)CCC2CCCN2)CC1.Cl. The first kappa shape index (κ1) is 14.7. The molecule has 5 heteroatoms. The molecule has 1 unspecified atom stereocenters. The molecule has 2 fully saturated rings. The molecule has 4 nitrogen and oxygen atoms in total. The minimum absolute atomic E-state index is 0. The maximum absolute atomic E-state index is 11.9. The Labute approximate surface area is 110 Å². The van der Waals surface area contributed by atoms with Gasteiger partial charge in [-0.1, -0.05) is 0 Å². The lowest BCUT2D eigenvalue weighted by atomic mass is 10.1. The van der Waals surface area contributed by atoms with E-state index in [1.54, 1.807) is 0 Å². The van der Waals surface area contributed by atoms with Crippen molar-refractivity contribution in [2.24, 2.45) is 0 Å². The Balaban J connectivity index is 0.00000144. The van der Waals surface area contributed by atoms with Crippen LogP contribution in [0, 0.1) is 0 Å². The molecule has 0 aliphatic carbocycles. The Morgan fingerprint density at radius 3 is 2.59 bits per heavy atom. The van der Waals surface area contributed by atoms with E-state index in [4.69, 9.17) is 0 Å². The van der Waals surface area contributed by atoms with Gasteiger partial charge in [0.15, 0.2) is 0 Å². The van der Waals surface area contributed by atoms with Crippen molar-refractivity contribution in [1.29, 1.82) is 0 Å². The maximum atomic E-state index is 11.9. The molecule has 1 N–H and O–H groups in total. The van der Waals surface area contributed by atoms with Crippen molar-refractivity contribution < 1.29 is 4.79 Å². The highest BCUT2D eigenvalue weighted by Gasteiger charge is 2.21. The monoisotopic (exact) mass is 261 g/mol. The number of amides is 1. The van der Waals surface area contributed by atoms with E-state index < -0.39 is 0 Å². The molecular weight excluding hydrogens is 238 g/mol. The Morgan fingerprint density at radius 1 is 1.29 bits per heavy atom. The fraction of sp³-hybridized carbons (Fsp3) is 0.917. The van der Waals surface area contributed by atoms with Gasteiger partial charge in [-0.05, 0) is 32.9 Å². The van der Waals surface area contributed by atoms with Crippen molar-refractivity contribution in [3.8, 4) is 0 Å². The fourth-order valence-electron chi connectivity index (χ4n) is 2.51. The molecule has 0 saturated carbocycles. The van der Waals surface area contributed by atoms with E-state index in [1.165, 1.54) is 12.8 Å². The molecule has 2 saturated heterocycles. The molecule has 100 valence electrons. The number of hydrogen-bond acceptors (Lipinski definition) is 3. The second-order valence-electron chi connectivity index (χ2n) is 5.02. The third kappa shape index (κ3) is 4.45. The van der Waals surface area contributed by atoms with Crippen LogP contribution in [0.3, 0.4) is 0 Å². The third-order valence-corrected chi connectivity index (χ3v) is 3.73. The Hall–Kier alpha value is -0.320. The van der Waals surface area contributed by atoms with E-state index in [9.17, 15) is 4.79 Å². The van der Waals surface area contributed by atoms with Gasteiger partial charge >= 0.3 is 0 Å². The summed E-state index contributed by atoms with van der Waals surface area (Å²) in [6, 6.07) is 0.594. The summed E-state index contributed by atoms with van der Waals surface area (Å²) in [5.41, 5.74) is 0. The van der Waals surface area contributed by atoms with Crippen LogP contribution in [0.25, 0.3) is 0 Å². The number of piperazine rings is 1. The zero-order valence-electron chi connectivity index (χ0n) is 10.7. The molecule has 0 aromatic rings. The standard InChI is InChI=1S/C12H23N3O.ClH/c1-14-7-9-15(10-8-14)12(16)5-4-11-3-2-6-13-11;/h11,13H,2-10H2,1H3;1H. The third-order valence-electron chi connectivity index (χ3n) is 3.73. The minimum atomic E-state index is 0. The first-order valence-corrected chi connectivity index (χ1v) is 6.45. The van der Waals surface area contributed by atoms with Crippen molar-refractivity contribution in [3.63, 3.8) is 0 Å². The number of halogens is 1. The van der Waals surface area contributed by atoms with E-state index in [0.29, 0.717) is 11.9 Å².